The standard InChI is InChI=1S/C24H20ClN5O2/c1-26-17-5-7-19(23-27-9-2-10-28-23)20(12-17)24(31)30-18(6-3-15-11-21(15)30)14-32-22-8-4-16(25)13-29-22/h2,4-5,7-10,12-13,15,18,21H,3,6,11,14H2/t15?,18-,21?/m0/s1. The predicted molar refractivity (Wildman–Crippen MR) is 120 cm³/mol. The Hall–Kier alpha value is -3.50. The molecule has 0 spiro atoms. The van der Waals surface area contributed by atoms with Crippen molar-refractivity contribution >= 4 is 23.2 Å². The van der Waals surface area contributed by atoms with E-state index in [0.717, 1.165) is 19.3 Å². The second-order valence-corrected chi connectivity index (χ2v) is 8.48. The summed E-state index contributed by atoms with van der Waals surface area (Å²) >= 11 is 5.91. The van der Waals surface area contributed by atoms with Crippen molar-refractivity contribution in [2.45, 2.75) is 31.3 Å². The fourth-order valence-corrected chi connectivity index (χ4v) is 4.47. The zero-order valence-corrected chi connectivity index (χ0v) is 17.9. The summed E-state index contributed by atoms with van der Waals surface area (Å²) < 4.78 is 5.91. The smallest absolute Gasteiger partial charge is 0.253 e. The number of nitrogens with zero attached hydrogens (tertiary/aromatic N) is 5. The first-order valence-electron chi connectivity index (χ1n) is 10.5. The van der Waals surface area contributed by atoms with E-state index in [4.69, 9.17) is 22.9 Å². The maximum absolute atomic E-state index is 13.8. The van der Waals surface area contributed by atoms with E-state index in [9.17, 15) is 4.79 Å². The van der Waals surface area contributed by atoms with Crippen LogP contribution in [0.4, 0.5) is 5.69 Å². The van der Waals surface area contributed by atoms with Gasteiger partial charge < -0.3 is 9.64 Å². The summed E-state index contributed by atoms with van der Waals surface area (Å²) in [4.78, 5) is 32.1. The molecule has 0 radical (unpaired) electrons. The Balaban J connectivity index is 1.45. The number of fused-ring (bicyclic) bond motifs is 1. The van der Waals surface area contributed by atoms with E-state index in [1.165, 1.54) is 0 Å². The van der Waals surface area contributed by atoms with Gasteiger partial charge in [0.05, 0.1) is 17.6 Å². The molecule has 3 heterocycles. The lowest BCUT2D eigenvalue weighted by atomic mass is 9.98. The van der Waals surface area contributed by atoms with Crippen molar-refractivity contribution in [2.24, 2.45) is 5.92 Å². The van der Waals surface area contributed by atoms with Crippen LogP contribution in [0, 0.1) is 12.5 Å². The topological polar surface area (TPSA) is 72.6 Å². The first-order chi connectivity index (χ1) is 15.6. The maximum atomic E-state index is 13.8. The average Bonchev–Trinajstić information content (AvgIpc) is 3.63. The van der Waals surface area contributed by atoms with Crippen LogP contribution in [0.5, 0.6) is 5.88 Å². The van der Waals surface area contributed by atoms with Gasteiger partial charge in [-0.1, -0.05) is 23.7 Å². The van der Waals surface area contributed by atoms with E-state index in [2.05, 4.69) is 19.8 Å². The van der Waals surface area contributed by atoms with Crippen molar-refractivity contribution in [1.82, 2.24) is 19.9 Å². The molecule has 2 aromatic heterocycles. The number of carbonyl (C=O) groups is 1. The molecule has 7 nitrogen and oxygen atoms in total. The van der Waals surface area contributed by atoms with Crippen LogP contribution in [-0.2, 0) is 0 Å². The number of likely N-dealkylation sites (tertiary alicyclic amines) is 1. The third-order valence-electron chi connectivity index (χ3n) is 6.03. The summed E-state index contributed by atoms with van der Waals surface area (Å²) in [7, 11) is 0. The normalized spacial score (nSPS) is 21.4. The minimum absolute atomic E-state index is 0.0788. The Morgan fingerprint density at radius 3 is 2.78 bits per heavy atom. The van der Waals surface area contributed by atoms with Crippen LogP contribution in [0.3, 0.4) is 0 Å². The van der Waals surface area contributed by atoms with Gasteiger partial charge in [-0.2, -0.15) is 0 Å². The number of carbonyl (C=O) groups excluding carboxylic acids is 1. The van der Waals surface area contributed by atoms with Gasteiger partial charge in [-0.05, 0) is 43.4 Å². The Morgan fingerprint density at radius 2 is 2.03 bits per heavy atom. The molecule has 160 valence electrons. The minimum Gasteiger partial charge on any atom is -0.475 e. The fourth-order valence-electron chi connectivity index (χ4n) is 4.36. The number of aromatic nitrogens is 3. The number of hydrogen-bond donors (Lipinski definition) is 0. The van der Waals surface area contributed by atoms with Crippen molar-refractivity contribution in [2.75, 3.05) is 6.61 Å². The highest BCUT2D eigenvalue weighted by molar-refractivity contribution is 6.30. The van der Waals surface area contributed by atoms with Gasteiger partial charge >= 0.3 is 0 Å². The van der Waals surface area contributed by atoms with Gasteiger partial charge in [0.25, 0.3) is 5.91 Å². The van der Waals surface area contributed by atoms with E-state index in [1.54, 1.807) is 55.0 Å². The number of piperidine rings is 1. The Bertz CT molecular complexity index is 1180. The van der Waals surface area contributed by atoms with Crippen LogP contribution in [0.25, 0.3) is 16.2 Å². The molecule has 2 aliphatic rings. The lowest BCUT2D eigenvalue weighted by Gasteiger charge is -2.36. The molecular weight excluding hydrogens is 426 g/mol. The fraction of sp³-hybridized carbons (Fsp3) is 0.292. The second kappa shape index (κ2) is 8.56. The third kappa shape index (κ3) is 4.02. The number of rotatable bonds is 5. The molecule has 0 bridgehead atoms. The van der Waals surface area contributed by atoms with Gasteiger partial charge in [0.1, 0.15) is 6.61 Å². The molecule has 3 aromatic rings. The summed E-state index contributed by atoms with van der Waals surface area (Å²) in [5.74, 6) is 1.37. The summed E-state index contributed by atoms with van der Waals surface area (Å²) in [6, 6.07) is 10.4. The number of benzene rings is 1. The van der Waals surface area contributed by atoms with Gasteiger partial charge in [-0.15, -0.1) is 0 Å². The molecule has 1 aliphatic heterocycles. The van der Waals surface area contributed by atoms with E-state index >= 15 is 0 Å². The van der Waals surface area contributed by atoms with Crippen LogP contribution in [0.15, 0.2) is 55.0 Å². The molecule has 1 amide bonds. The quantitative estimate of drug-likeness (QED) is 0.527. The minimum atomic E-state index is -0.109. The molecule has 0 N–H and O–H groups in total. The molecule has 3 atom stereocenters. The average molecular weight is 446 g/mol. The van der Waals surface area contributed by atoms with Crippen LogP contribution < -0.4 is 4.74 Å². The Morgan fingerprint density at radius 1 is 1.19 bits per heavy atom. The first-order valence-corrected chi connectivity index (χ1v) is 10.9. The van der Waals surface area contributed by atoms with Gasteiger partial charge in [0.2, 0.25) is 5.88 Å². The van der Waals surface area contributed by atoms with Gasteiger partial charge in [-0.25, -0.2) is 19.8 Å². The van der Waals surface area contributed by atoms with Crippen LogP contribution in [-0.4, -0.2) is 44.4 Å². The second-order valence-electron chi connectivity index (χ2n) is 8.05. The highest BCUT2D eigenvalue weighted by Gasteiger charge is 2.50. The van der Waals surface area contributed by atoms with Crippen LogP contribution in [0.1, 0.15) is 29.6 Å². The molecule has 1 saturated carbocycles. The third-order valence-corrected chi connectivity index (χ3v) is 6.26. The van der Waals surface area contributed by atoms with Gasteiger partial charge in [-0.3, -0.25) is 4.79 Å². The summed E-state index contributed by atoms with van der Waals surface area (Å²) in [6.45, 7) is 7.75. The van der Waals surface area contributed by atoms with Crippen molar-refractivity contribution in [3.8, 4) is 17.3 Å². The number of pyridine rings is 1. The number of amides is 1. The summed E-state index contributed by atoms with van der Waals surface area (Å²) in [5.41, 5.74) is 1.49. The van der Waals surface area contributed by atoms with E-state index in [1.807, 2.05) is 4.90 Å². The molecule has 2 fully saturated rings. The number of halogens is 1. The largest absolute Gasteiger partial charge is 0.475 e. The lowest BCUT2D eigenvalue weighted by molar-refractivity contribution is 0.0495. The van der Waals surface area contributed by atoms with Crippen LogP contribution >= 0.6 is 11.6 Å². The van der Waals surface area contributed by atoms with E-state index in [0.29, 0.717) is 46.1 Å². The number of hydrogen-bond acceptors (Lipinski definition) is 5. The summed E-state index contributed by atoms with van der Waals surface area (Å²) in [5, 5.41) is 0.544. The maximum Gasteiger partial charge on any atom is 0.253 e. The van der Waals surface area contributed by atoms with Crippen molar-refractivity contribution in [3.05, 3.63) is 77.0 Å². The van der Waals surface area contributed by atoms with Crippen LogP contribution in [0.2, 0.25) is 5.02 Å². The first kappa shape index (κ1) is 20.4. The molecule has 1 aliphatic carbocycles. The van der Waals surface area contributed by atoms with Crippen molar-refractivity contribution in [3.63, 3.8) is 0 Å². The molecule has 1 aromatic carbocycles. The Labute approximate surface area is 190 Å². The van der Waals surface area contributed by atoms with Crippen molar-refractivity contribution in [1.29, 1.82) is 0 Å². The SMILES string of the molecule is [C-]#[N+]c1ccc(-c2ncccn2)c(C(=O)N2C3CC3CC[C@H]2COc2ccc(Cl)cn2)c1. The molecule has 1 saturated heterocycles. The zero-order chi connectivity index (χ0) is 22.1. The molecule has 8 heteroatoms. The monoisotopic (exact) mass is 445 g/mol. The number of ether oxygens (including phenoxy) is 1. The highest BCUT2D eigenvalue weighted by atomic mass is 35.5. The van der Waals surface area contributed by atoms with Crippen molar-refractivity contribution < 1.29 is 9.53 Å². The molecular formula is C24H20ClN5O2. The molecule has 2 unspecified atom stereocenters. The van der Waals surface area contributed by atoms with Gasteiger partial charge in [0.15, 0.2) is 11.5 Å². The van der Waals surface area contributed by atoms with Gasteiger partial charge in [0, 0.05) is 41.8 Å². The predicted octanol–water partition coefficient (Wildman–Crippen LogP) is 4.81. The highest BCUT2D eigenvalue weighted by Crippen LogP contribution is 2.46. The summed E-state index contributed by atoms with van der Waals surface area (Å²) in [6.07, 6.45) is 7.77. The molecule has 5 rings (SSSR count). The Kier molecular flexibility index (Phi) is 5.46. The van der Waals surface area contributed by atoms with E-state index < -0.39 is 0 Å². The molecule has 32 heavy (non-hydrogen) atoms. The van der Waals surface area contributed by atoms with E-state index in [-0.39, 0.29) is 18.0 Å². The zero-order valence-electron chi connectivity index (χ0n) is 17.2. The lowest BCUT2D eigenvalue weighted by Crippen LogP contribution is -2.48.